The number of rotatable bonds is 8. The summed E-state index contributed by atoms with van der Waals surface area (Å²) in [5, 5.41) is 6.17. The second kappa shape index (κ2) is 12.7. The zero-order chi connectivity index (χ0) is 22.1. The molecule has 0 aliphatic rings. The minimum atomic E-state index is -0.282. The van der Waals surface area contributed by atoms with E-state index in [1.807, 2.05) is 62.5 Å². The first-order chi connectivity index (χ1) is 15.1. The van der Waals surface area contributed by atoms with Crippen LogP contribution in [0.2, 0.25) is 0 Å². The number of halogens is 1. The number of ether oxygens (including phenoxy) is 1. The number of hydrogen-bond acceptors (Lipinski definition) is 4. The maximum atomic E-state index is 12.2. The average Bonchev–Trinajstić information content (AvgIpc) is 3.32. The number of guanidine groups is 1. The fourth-order valence-electron chi connectivity index (χ4n) is 3.15. The Labute approximate surface area is 205 Å². The van der Waals surface area contributed by atoms with Gasteiger partial charge in [-0.05, 0) is 42.8 Å². The number of methoxy groups -OCH3 is 1. The number of hydrogen-bond donors (Lipinski definition) is 2. The zero-order valence-electron chi connectivity index (χ0n) is 18.5. The van der Waals surface area contributed by atoms with Gasteiger partial charge in [-0.15, -0.1) is 24.0 Å². The lowest BCUT2D eigenvalue weighted by Crippen LogP contribution is -2.38. The molecule has 7 nitrogen and oxygen atoms in total. The zero-order valence-corrected chi connectivity index (χ0v) is 20.8. The molecule has 3 aromatic rings. The first kappa shape index (κ1) is 25.3. The normalized spacial score (nSPS) is 10.8. The third-order valence-corrected chi connectivity index (χ3v) is 4.64. The molecule has 0 bridgehead atoms. The van der Waals surface area contributed by atoms with Gasteiger partial charge in [-0.2, -0.15) is 0 Å². The summed E-state index contributed by atoms with van der Waals surface area (Å²) in [7, 11) is 3.67. The number of furan rings is 1. The Morgan fingerprint density at radius 3 is 2.66 bits per heavy atom. The summed E-state index contributed by atoms with van der Waals surface area (Å²) in [6, 6.07) is 18.9. The number of amides is 1. The van der Waals surface area contributed by atoms with E-state index in [-0.39, 0.29) is 35.6 Å². The molecule has 0 aliphatic carbocycles. The molecule has 0 spiro atoms. The lowest BCUT2D eigenvalue weighted by Gasteiger charge is -2.23. The van der Waals surface area contributed by atoms with Gasteiger partial charge in [0.25, 0.3) is 5.91 Å². The Bertz CT molecular complexity index is 1020. The molecule has 1 heterocycles. The van der Waals surface area contributed by atoms with Crippen molar-refractivity contribution in [2.75, 3.05) is 26.0 Å². The van der Waals surface area contributed by atoms with Gasteiger partial charge < -0.3 is 24.7 Å². The lowest BCUT2D eigenvalue weighted by molar-refractivity contribution is 0.0996. The molecule has 0 fully saturated rings. The highest BCUT2D eigenvalue weighted by Gasteiger charge is 2.11. The molecule has 0 radical (unpaired) electrons. The number of benzene rings is 2. The Balaban J connectivity index is 0.00000363. The predicted octanol–water partition coefficient (Wildman–Crippen LogP) is 4.76. The minimum Gasteiger partial charge on any atom is -0.496 e. The van der Waals surface area contributed by atoms with E-state index in [1.165, 1.54) is 6.26 Å². The van der Waals surface area contributed by atoms with Crippen molar-refractivity contribution in [2.45, 2.75) is 20.0 Å². The summed E-state index contributed by atoms with van der Waals surface area (Å²) in [5.41, 5.74) is 2.76. The number of nitrogens with one attached hydrogen (secondary N) is 2. The molecular formula is C24H29IN4O3. The first-order valence-corrected chi connectivity index (χ1v) is 10.2. The number of nitrogens with zero attached hydrogens (tertiary/aromatic N) is 2. The van der Waals surface area contributed by atoms with Crippen LogP contribution >= 0.6 is 24.0 Å². The topological polar surface area (TPSA) is 79.1 Å². The summed E-state index contributed by atoms with van der Waals surface area (Å²) in [5.74, 6) is 1.63. The Morgan fingerprint density at radius 2 is 1.94 bits per heavy atom. The van der Waals surface area contributed by atoms with Crippen molar-refractivity contribution >= 4 is 41.5 Å². The van der Waals surface area contributed by atoms with E-state index in [2.05, 4.69) is 15.5 Å². The second-order valence-corrected chi connectivity index (χ2v) is 6.97. The number of anilines is 1. The van der Waals surface area contributed by atoms with Crippen LogP contribution in [-0.2, 0) is 13.1 Å². The van der Waals surface area contributed by atoms with Gasteiger partial charge in [-0.25, -0.2) is 4.99 Å². The van der Waals surface area contributed by atoms with E-state index in [0.717, 1.165) is 29.4 Å². The van der Waals surface area contributed by atoms with E-state index < -0.39 is 0 Å². The van der Waals surface area contributed by atoms with Crippen LogP contribution in [0.5, 0.6) is 5.75 Å². The van der Waals surface area contributed by atoms with E-state index in [4.69, 9.17) is 14.1 Å². The van der Waals surface area contributed by atoms with E-state index in [9.17, 15) is 4.79 Å². The summed E-state index contributed by atoms with van der Waals surface area (Å²) in [4.78, 5) is 19.0. The highest BCUT2D eigenvalue weighted by atomic mass is 127. The second-order valence-electron chi connectivity index (χ2n) is 6.97. The highest BCUT2D eigenvalue weighted by Crippen LogP contribution is 2.19. The number of para-hydroxylation sites is 1. The summed E-state index contributed by atoms with van der Waals surface area (Å²) in [6.07, 6.45) is 1.48. The van der Waals surface area contributed by atoms with Gasteiger partial charge >= 0.3 is 0 Å². The van der Waals surface area contributed by atoms with Crippen molar-refractivity contribution in [3.05, 3.63) is 83.8 Å². The van der Waals surface area contributed by atoms with Crippen molar-refractivity contribution in [1.82, 2.24) is 10.2 Å². The Kier molecular flexibility index (Phi) is 10.1. The molecule has 0 atom stereocenters. The Morgan fingerprint density at radius 1 is 1.12 bits per heavy atom. The van der Waals surface area contributed by atoms with Crippen LogP contribution < -0.4 is 15.4 Å². The van der Waals surface area contributed by atoms with Crippen molar-refractivity contribution in [3.63, 3.8) is 0 Å². The minimum absolute atomic E-state index is 0. The largest absolute Gasteiger partial charge is 0.496 e. The van der Waals surface area contributed by atoms with Crippen molar-refractivity contribution in [3.8, 4) is 5.75 Å². The molecule has 0 saturated heterocycles. The molecule has 0 aliphatic heterocycles. The summed E-state index contributed by atoms with van der Waals surface area (Å²) in [6.45, 7) is 3.93. The van der Waals surface area contributed by atoms with Gasteiger partial charge in [-0.3, -0.25) is 4.79 Å². The van der Waals surface area contributed by atoms with E-state index >= 15 is 0 Å². The fraction of sp³-hybridized carbons (Fsp3) is 0.250. The molecular weight excluding hydrogens is 519 g/mol. The van der Waals surface area contributed by atoms with Gasteiger partial charge in [0.2, 0.25) is 0 Å². The van der Waals surface area contributed by atoms with E-state index in [0.29, 0.717) is 18.8 Å². The van der Waals surface area contributed by atoms with Crippen LogP contribution in [-0.4, -0.2) is 37.5 Å². The van der Waals surface area contributed by atoms with Crippen molar-refractivity contribution < 1.29 is 13.9 Å². The molecule has 8 heteroatoms. The average molecular weight is 548 g/mol. The molecule has 32 heavy (non-hydrogen) atoms. The van der Waals surface area contributed by atoms with Crippen molar-refractivity contribution in [1.29, 1.82) is 0 Å². The molecule has 3 rings (SSSR count). The monoisotopic (exact) mass is 548 g/mol. The van der Waals surface area contributed by atoms with Gasteiger partial charge in [0, 0.05) is 31.4 Å². The molecule has 1 aromatic heterocycles. The predicted molar refractivity (Wildman–Crippen MR) is 138 cm³/mol. The van der Waals surface area contributed by atoms with Gasteiger partial charge in [0.15, 0.2) is 11.7 Å². The third-order valence-electron chi connectivity index (χ3n) is 4.64. The van der Waals surface area contributed by atoms with Crippen molar-refractivity contribution in [2.24, 2.45) is 4.99 Å². The third kappa shape index (κ3) is 7.01. The van der Waals surface area contributed by atoms with E-state index in [1.54, 1.807) is 19.2 Å². The van der Waals surface area contributed by atoms with Gasteiger partial charge in [0.1, 0.15) is 5.75 Å². The van der Waals surface area contributed by atoms with Crippen LogP contribution in [0.3, 0.4) is 0 Å². The quantitative estimate of drug-likeness (QED) is 0.241. The Hall–Kier alpha value is -3.01. The molecule has 0 unspecified atom stereocenters. The molecule has 2 aromatic carbocycles. The maximum Gasteiger partial charge on any atom is 0.291 e. The standard InChI is InChI=1S/C24H28N4O3.HI/c1-4-25-24(28(2)17-19-10-5-6-12-21(19)30-3)26-16-18-9-7-11-20(15-18)27-23(29)22-13-8-14-31-22;/h5-15H,4,16-17H2,1-3H3,(H,25,26)(H,27,29);1H. The molecule has 2 N–H and O–H groups in total. The fourth-order valence-corrected chi connectivity index (χ4v) is 3.15. The lowest BCUT2D eigenvalue weighted by atomic mass is 10.2. The number of carbonyl (C=O) groups is 1. The molecule has 170 valence electrons. The van der Waals surface area contributed by atoms with Gasteiger partial charge in [-0.1, -0.05) is 30.3 Å². The maximum absolute atomic E-state index is 12.2. The summed E-state index contributed by atoms with van der Waals surface area (Å²) >= 11 is 0. The molecule has 1 amide bonds. The number of aliphatic imine (C=N–C) groups is 1. The van der Waals surface area contributed by atoms with Crippen LogP contribution in [0, 0.1) is 0 Å². The SMILES string of the molecule is CCNC(=NCc1cccc(NC(=O)c2ccco2)c1)N(C)Cc1ccccc1OC.I. The molecule has 0 saturated carbocycles. The first-order valence-electron chi connectivity index (χ1n) is 10.2. The smallest absolute Gasteiger partial charge is 0.291 e. The van der Waals surface area contributed by atoms with Crippen LogP contribution in [0.25, 0.3) is 0 Å². The van der Waals surface area contributed by atoms with Crippen LogP contribution in [0.15, 0.2) is 76.3 Å². The highest BCUT2D eigenvalue weighted by molar-refractivity contribution is 14.0. The van der Waals surface area contributed by atoms with Crippen LogP contribution in [0.4, 0.5) is 5.69 Å². The van der Waals surface area contributed by atoms with Crippen LogP contribution in [0.1, 0.15) is 28.6 Å². The summed E-state index contributed by atoms with van der Waals surface area (Å²) < 4.78 is 10.6. The number of carbonyl (C=O) groups excluding carboxylic acids is 1. The van der Waals surface area contributed by atoms with Gasteiger partial charge in [0.05, 0.1) is 19.9 Å².